The minimum absolute atomic E-state index is 0.176. The molecular weight excluding hydrogens is 309 g/mol. The van der Waals surface area contributed by atoms with Crippen LogP contribution in [-0.4, -0.2) is 14.8 Å². The van der Waals surface area contributed by atoms with Crippen LogP contribution < -0.4 is 0 Å². The summed E-state index contributed by atoms with van der Waals surface area (Å²) >= 11 is 1.52. The van der Waals surface area contributed by atoms with Gasteiger partial charge in [0.25, 0.3) is 0 Å². The highest BCUT2D eigenvalue weighted by molar-refractivity contribution is 7.98. The number of hydrogen-bond acceptors (Lipinski definition) is 3. The maximum Gasteiger partial charge on any atom is 0.191 e. The summed E-state index contributed by atoms with van der Waals surface area (Å²) in [6.07, 6.45) is 0.991. The number of rotatable bonds is 6. The predicted molar refractivity (Wildman–Crippen MR) is 91.7 cm³/mol. The maximum absolute atomic E-state index is 13.8. The van der Waals surface area contributed by atoms with Gasteiger partial charge in [-0.05, 0) is 18.1 Å². The summed E-state index contributed by atoms with van der Waals surface area (Å²) in [7, 11) is 0. The third-order valence-electron chi connectivity index (χ3n) is 3.51. The number of halogens is 1. The van der Waals surface area contributed by atoms with Crippen molar-refractivity contribution < 1.29 is 4.39 Å². The van der Waals surface area contributed by atoms with Crippen LogP contribution in [0.15, 0.2) is 59.8 Å². The third-order valence-corrected chi connectivity index (χ3v) is 4.53. The molecule has 0 atom stereocenters. The highest BCUT2D eigenvalue weighted by atomic mass is 32.2. The fourth-order valence-corrected chi connectivity index (χ4v) is 3.33. The van der Waals surface area contributed by atoms with E-state index in [2.05, 4.69) is 21.7 Å². The SMILES string of the molecule is CCCn1c(SCc2ccccc2F)nnc1-c1ccccc1. The van der Waals surface area contributed by atoms with E-state index in [0.717, 1.165) is 29.5 Å². The summed E-state index contributed by atoms with van der Waals surface area (Å²) in [5.41, 5.74) is 1.73. The first-order valence-corrected chi connectivity index (χ1v) is 8.63. The van der Waals surface area contributed by atoms with E-state index in [1.165, 1.54) is 17.8 Å². The largest absolute Gasteiger partial charge is 0.302 e. The topological polar surface area (TPSA) is 30.7 Å². The Kier molecular flexibility index (Phi) is 5.08. The predicted octanol–water partition coefficient (Wildman–Crippen LogP) is 4.79. The Balaban J connectivity index is 1.85. The van der Waals surface area contributed by atoms with E-state index >= 15 is 0 Å². The Labute approximate surface area is 139 Å². The van der Waals surface area contributed by atoms with Crippen molar-refractivity contribution in [3.8, 4) is 11.4 Å². The molecule has 1 aromatic heterocycles. The zero-order chi connectivity index (χ0) is 16.1. The number of hydrogen-bond donors (Lipinski definition) is 0. The van der Waals surface area contributed by atoms with E-state index in [1.54, 1.807) is 12.1 Å². The summed E-state index contributed by atoms with van der Waals surface area (Å²) in [5.74, 6) is 1.23. The van der Waals surface area contributed by atoms with Gasteiger partial charge in [-0.1, -0.05) is 67.2 Å². The number of nitrogens with zero attached hydrogens (tertiary/aromatic N) is 3. The molecule has 3 rings (SSSR count). The molecule has 0 aliphatic rings. The molecule has 0 saturated heterocycles. The van der Waals surface area contributed by atoms with Gasteiger partial charge in [0.05, 0.1) is 0 Å². The molecule has 1 heterocycles. The average Bonchev–Trinajstić information content (AvgIpc) is 2.98. The number of benzene rings is 2. The second-order valence-corrected chi connectivity index (χ2v) is 6.15. The fourth-order valence-electron chi connectivity index (χ4n) is 2.38. The van der Waals surface area contributed by atoms with Gasteiger partial charge in [0.2, 0.25) is 0 Å². The molecule has 2 aromatic carbocycles. The molecule has 5 heteroatoms. The minimum atomic E-state index is -0.176. The Morgan fingerprint density at radius 2 is 1.74 bits per heavy atom. The minimum Gasteiger partial charge on any atom is -0.302 e. The van der Waals surface area contributed by atoms with Crippen LogP contribution >= 0.6 is 11.8 Å². The van der Waals surface area contributed by atoms with Crippen LogP contribution in [0, 0.1) is 5.82 Å². The summed E-state index contributed by atoms with van der Waals surface area (Å²) in [5, 5.41) is 9.48. The van der Waals surface area contributed by atoms with Crippen molar-refractivity contribution in [2.24, 2.45) is 0 Å². The molecule has 3 nitrogen and oxygen atoms in total. The van der Waals surface area contributed by atoms with Gasteiger partial charge >= 0.3 is 0 Å². The summed E-state index contributed by atoms with van der Waals surface area (Å²) in [4.78, 5) is 0. The maximum atomic E-state index is 13.8. The van der Waals surface area contributed by atoms with Gasteiger partial charge in [-0.2, -0.15) is 0 Å². The highest BCUT2D eigenvalue weighted by Gasteiger charge is 2.14. The van der Waals surface area contributed by atoms with E-state index in [0.29, 0.717) is 11.3 Å². The van der Waals surface area contributed by atoms with Crippen LogP contribution in [0.25, 0.3) is 11.4 Å². The highest BCUT2D eigenvalue weighted by Crippen LogP contribution is 2.27. The molecule has 0 aliphatic carbocycles. The Bertz CT molecular complexity index is 771. The van der Waals surface area contributed by atoms with Crippen molar-refractivity contribution in [1.29, 1.82) is 0 Å². The van der Waals surface area contributed by atoms with Crippen molar-refractivity contribution in [3.05, 3.63) is 66.0 Å². The first-order chi connectivity index (χ1) is 11.3. The summed E-state index contributed by atoms with van der Waals surface area (Å²) in [6.45, 7) is 2.97. The van der Waals surface area contributed by atoms with Crippen LogP contribution in [0.5, 0.6) is 0 Å². The molecule has 0 saturated carbocycles. The van der Waals surface area contributed by atoms with Gasteiger partial charge < -0.3 is 4.57 Å². The molecule has 0 radical (unpaired) electrons. The van der Waals surface area contributed by atoms with Crippen molar-refractivity contribution in [2.45, 2.75) is 30.8 Å². The van der Waals surface area contributed by atoms with Gasteiger partial charge in [0.15, 0.2) is 11.0 Å². The molecular formula is C18H18FN3S. The molecule has 0 amide bonds. The zero-order valence-electron chi connectivity index (χ0n) is 12.9. The summed E-state index contributed by atoms with van der Waals surface area (Å²) in [6, 6.07) is 16.9. The molecule has 0 fully saturated rings. The van der Waals surface area contributed by atoms with Gasteiger partial charge in [-0.15, -0.1) is 10.2 Å². The van der Waals surface area contributed by atoms with E-state index < -0.39 is 0 Å². The van der Waals surface area contributed by atoms with E-state index in [-0.39, 0.29) is 5.82 Å². The lowest BCUT2D eigenvalue weighted by atomic mass is 10.2. The van der Waals surface area contributed by atoms with Crippen LogP contribution in [0.1, 0.15) is 18.9 Å². The third kappa shape index (κ3) is 3.62. The monoisotopic (exact) mass is 327 g/mol. The molecule has 3 aromatic rings. The van der Waals surface area contributed by atoms with Crippen LogP contribution in [-0.2, 0) is 12.3 Å². The van der Waals surface area contributed by atoms with Crippen LogP contribution in [0.2, 0.25) is 0 Å². The molecule has 0 bridgehead atoms. The second-order valence-electron chi connectivity index (χ2n) is 5.20. The van der Waals surface area contributed by atoms with Gasteiger partial charge in [-0.25, -0.2) is 4.39 Å². The first-order valence-electron chi connectivity index (χ1n) is 7.64. The lowest BCUT2D eigenvalue weighted by Gasteiger charge is -2.09. The van der Waals surface area contributed by atoms with Gasteiger partial charge in [0.1, 0.15) is 5.82 Å². The van der Waals surface area contributed by atoms with E-state index in [9.17, 15) is 4.39 Å². The smallest absolute Gasteiger partial charge is 0.191 e. The van der Waals surface area contributed by atoms with Gasteiger partial charge in [0, 0.05) is 17.9 Å². The van der Waals surface area contributed by atoms with Crippen molar-refractivity contribution in [3.63, 3.8) is 0 Å². The number of thioether (sulfide) groups is 1. The quantitative estimate of drug-likeness (QED) is 0.610. The normalized spacial score (nSPS) is 10.9. The summed E-state index contributed by atoms with van der Waals surface area (Å²) < 4.78 is 15.9. The average molecular weight is 327 g/mol. The van der Waals surface area contributed by atoms with Gasteiger partial charge in [-0.3, -0.25) is 0 Å². The number of aromatic nitrogens is 3. The molecule has 0 aliphatic heterocycles. The van der Waals surface area contributed by atoms with Crippen LogP contribution in [0.3, 0.4) is 0 Å². The lowest BCUT2D eigenvalue weighted by molar-refractivity contribution is 0.615. The second kappa shape index (κ2) is 7.42. The lowest BCUT2D eigenvalue weighted by Crippen LogP contribution is -2.02. The molecule has 23 heavy (non-hydrogen) atoms. The standard InChI is InChI=1S/C18H18FN3S/c1-2-12-22-17(14-8-4-3-5-9-14)20-21-18(22)23-13-15-10-6-7-11-16(15)19/h3-11H,2,12-13H2,1H3. The zero-order valence-corrected chi connectivity index (χ0v) is 13.8. The van der Waals surface area contributed by atoms with E-state index in [1.807, 2.05) is 36.4 Å². The van der Waals surface area contributed by atoms with Crippen molar-refractivity contribution in [2.75, 3.05) is 0 Å². The Morgan fingerprint density at radius 1 is 1.00 bits per heavy atom. The van der Waals surface area contributed by atoms with E-state index in [4.69, 9.17) is 0 Å². The molecule has 0 N–H and O–H groups in total. The fraction of sp³-hybridized carbons (Fsp3) is 0.222. The Hall–Kier alpha value is -2.14. The van der Waals surface area contributed by atoms with Crippen molar-refractivity contribution in [1.82, 2.24) is 14.8 Å². The molecule has 118 valence electrons. The Morgan fingerprint density at radius 3 is 2.48 bits per heavy atom. The van der Waals surface area contributed by atoms with Crippen molar-refractivity contribution >= 4 is 11.8 Å². The first kappa shape index (κ1) is 15.7. The molecule has 0 unspecified atom stereocenters. The van der Waals surface area contributed by atoms with Crippen LogP contribution in [0.4, 0.5) is 4.39 Å². The molecule has 0 spiro atoms.